The zero-order valence-corrected chi connectivity index (χ0v) is 18.4. The molecule has 5 nitrogen and oxygen atoms in total. The van der Waals surface area contributed by atoms with Gasteiger partial charge < -0.3 is 19.9 Å². The molecule has 0 atom stereocenters. The largest absolute Gasteiger partial charge is 0.573 e. The van der Waals surface area contributed by atoms with E-state index < -0.39 is 12.3 Å². The first kappa shape index (κ1) is 26.6. The van der Waals surface area contributed by atoms with Gasteiger partial charge in [-0.2, -0.15) is 0 Å². The van der Waals surface area contributed by atoms with Gasteiger partial charge in [-0.15, -0.1) is 13.2 Å². The number of aliphatic hydroxyl groups is 1. The Balaban J connectivity index is 0.00000249. The maximum absolute atomic E-state index is 12.4. The first-order chi connectivity index (χ1) is 15.2. The summed E-state index contributed by atoms with van der Waals surface area (Å²) in [5.74, 6) is 2.18. The van der Waals surface area contributed by atoms with Gasteiger partial charge in [0.1, 0.15) is 17.6 Å². The van der Waals surface area contributed by atoms with Gasteiger partial charge in [-0.05, 0) is 47.9 Å². The molecule has 0 aliphatic heterocycles. The molecule has 0 heterocycles. The van der Waals surface area contributed by atoms with Crippen molar-refractivity contribution in [1.82, 2.24) is 5.32 Å². The van der Waals surface area contributed by atoms with E-state index in [0.29, 0.717) is 33.6 Å². The van der Waals surface area contributed by atoms with Gasteiger partial charge in [-0.1, -0.05) is 38.5 Å². The van der Waals surface area contributed by atoms with Gasteiger partial charge in [0, 0.05) is 24.6 Å². The van der Waals surface area contributed by atoms with Crippen LogP contribution in [0.2, 0.25) is 0 Å². The van der Waals surface area contributed by atoms with E-state index in [4.69, 9.17) is 4.74 Å². The minimum Gasteiger partial charge on any atom is -0.407 e. The van der Waals surface area contributed by atoms with Crippen LogP contribution in [0.3, 0.4) is 0 Å². The molecule has 0 unspecified atom stereocenters. The summed E-state index contributed by atoms with van der Waals surface area (Å²) >= 11 is 0. The fourth-order valence-corrected chi connectivity index (χ4v) is 2.83. The number of hydrogen-bond acceptors (Lipinski definition) is 4. The monoisotopic (exact) mass is 449 g/mol. The number of alkyl halides is 3. The Morgan fingerprint density at radius 3 is 2.38 bits per heavy atom. The molecule has 2 aromatic rings. The maximum atomic E-state index is 12.4. The van der Waals surface area contributed by atoms with Gasteiger partial charge in [-0.25, -0.2) is 0 Å². The number of carbonyl (C=O) groups excluding carboxylic acids is 1. The molecule has 0 aromatic heterocycles. The van der Waals surface area contributed by atoms with Crippen LogP contribution in [0.4, 0.5) is 13.2 Å². The third kappa shape index (κ3) is 7.36. The van der Waals surface area contributed by atoms with Crippen molar-refractivity contribution in [3.05, 3.63) is 59.7 Å². The lowest BCUT2D eigenvalue weighted by Gasteiger charge is -2.18. The number of nitrogens with one attached hydrogen (secondary N) is 1. The van der Waals surface area contributed by atoms with Crippen molar-refractivity contribution >= 4 is 5.91 Å². The first-order valence-electron chi connectivity index (χ1n) is 9.81. The van der Waals surface area contributed by atoms with E-state index >= 15 is 0 Å². The molecule has 0 aliphatic carbocycles. The minimum atomic E-state index is -4.78. The van der Waals surface area contributed by atoms with Crippen LogP contribution in [0.25, 0.3) is 11.1 Å². The Morgan fingerprint density at radius 1 is 1.25 bits per heavy atom. The van der Waals surface area contributed by atoms with E-state index in [2.05, 4.69) is 28.7 Å². The summed E-state index contributed by atoms with van der Waals surface area (Å²) in [6, 6.07) is 7.09. The van der Waals surface area contributed by atoms with Crippen LogP contribution in [0.1, 0.15) is 37.5 Å². The highest BCUT2D eigenvalue weighted by Crippen LogP contribution is 2.37. The summed E-state index contributed by atoms with van der Waals surface area (Å²) in [7, 11) is 0. The molecule has 0 aliphatic rings. The summed E-state index contributed by atoms with van der Waals surface area (Å²) in [5.41, 5.74) is 2.88. The topological polar surface area (TPSA) is 67.8 Å². The predicted octanol–water partition coefficient (Wildman–Crippen LogP) is 5.24. The summed E-state index contributed by atoms with van der Waals surface area (Å²) in [5, 5.41) is 12.5. The molecule has 0 radical (unpaired) electrons. The molecule has 2 N–H and O–H groups in total. The zero-order valence-electron chi connectivity index (χ0n) is 18.4. The molecule has 8 heteroatoms. The molecule has 1 amide bonds. The third-order valence-electron chi connectivity index (χ3n) is 4.18. The Morgan fingerprint density at radius 2 is 1.88 bits per heavy atom. The van der Waals surface area contributed by atoms with E-state index in [-0.39, 0.29) is 18.9 Å². The molecule has 0 saturated heterocycles. The van der Waals surface area contributed by atoms with E-state index in [1.165, 1.54) is 24.3 Å². The number of rotatable bonds is 7. The summed E-state index contributed by atoms with van der Waals surface area (Å²) in [6.07, 6.45) is -1.18. The van der Waals surface area contributed by atoms with Crippen molar-refractivity contribution in [2.45, 2.75) is 47.2 Å². The lowest BCUT2D eigenvalue weighted by molar-refractivity contribution is -0.274. The quantitative estimate of drug-likeness (QED) is 0.448. The Hall–Kier alpha value is -3.44. The van der Waals surface area contributed by atoms with Crippen molar-refractivity contribution in [3.63, 3.8) is 0 Å². The van der Waals surface area contributed by atoms with Crippen LogP contribution in [0, 0.1) is 19.0 Å². The van der Waals surface area contributed by atoms with Gasteiger partial charge in [0.15, 0.2) is 0 Å². The van der Waals surface area contributed by atoms with Gasteiger partial charge >= 0.3 is 6.36 Å². The standard InChI is InChI=1S/C22H20F3NO4.C2H6/c1-4-10-29-21-14(3)18(11-16(19(21)13-27)12-26-20(28)5-2)15-6-8-17(9-7-15)30-22(23,24)25;1-2/h5-9,11,27H,2,12-13H2,1,3H3,(H,26,28);1-2H3. The van der Waals surface area contributed by atoms with Gasteiger partial charge in [0.05, 0.1) is 6.61 Å². The molecule has 2 rings (SSSR count). The summed E-state index contributed by atoms with van der Waals surface area (Å²) < 4.78 is 46.6. The number of hydrogen-bond donors (Lipinski definition) is 2. The predicted molar refractivity (Wildman–Crippen MR) is 117 cm³/mol. The summed E-state index contributed by atoms with van der Waals surface area (Å²) in [6.45, 7) is 10.4. The normalized spacial score (nSPS) is 10.1. The Labute approximate surface area is 185 Å². The van der Waals surface area contributed by atoms with Gasteiger partial charge in [-0.3, -0.25) is 4.79 Å². The molecule has 32 heavy (non-hydrogen) atoms. The van der Waals surface area contributed by atoms with Crippen molar-refractivity contribution in [3.8, 4) is 34.7 Å². The third-order valence-corrected chi connectivity index (χ3v) is 4.18. The van der Waals surface area contributed by atoms with E-state index in [0.717, 1.165) is 6.08 Å². The number of carbonyl (C=O) groups is 1. The van der Waals surface area contributed by atoms with Crippen LogP contribution in [-0.4, -0.2) is 17.4 Å². The van der Waals surface area contributed by atoms with Crippen LogP contribution >= 0.6 is 0 Å². The fraction of sp³-hybridized carbons (Fsp3) is 0.292. The molecule has 172 valence electrons. The highest BCUT2D eigenvalue weighted by atomic mass is 19.4. The second-order valence-electron chi connectivity index (χ2n) is 6.12. The smallest absolute Gasteiger partial charge is 0.407 e. The molecule has 0 fully saturated rings. The number of benzene rings is 2. The van der Waals surface area contributed by atoms with Crippen LogP contribution in [0.15, 0.2) is 43.0 Å². The molecule has 0 spiro atoms. The molecule has 2 aromatic carbocycles. The van der Waals surface area contributed by atoms with E-state index in [1.54, 1.807) is 19.9 Å². The van der Waals surface area contributed by atoms with E-state index in [1.807, 2.05) is 13.8 Å². The SMILES string of the molecule is C=CC(=O)NCc1cc(-c2ccc(OC(F)(F)F)cc2)c(C)c(OC#CC)c1CO.CC. The highest BCUT2D eigenvalue weighted by molar-refractivity contribution is 5.86. The molecule has 0 bridgehead atoms. The molecular formula is C24H26F3NO4. The molecule has 0 saturated carbocycles. The van der Waals surface area contributed by atoms with Crippen molar-refractivity contribution in [2.24, 2.45) is 0 Å². The highest BCUT2D eigenvalue weighted by Gasteiger charge is 2.31. The van der Waals surface area contributed by atoms with E-state index in [9.17, 15) is 23.1 Å². The number of halogens is 3. The lowest BCUT2D eigenvalue weighted by Crippen LogP contribution is -2.21. The van der Waals surface area contributed by atoms with Crippen molar-refractivity contribution < 1.29 is 32.5 Å². The average molecular weight is 449 g/mol. The van der Waals surface area contributed by atoms with Crippen LogP contribution in [-0.2, 0) is 17.9 Å². The second kappa shape index (κ2) is 12.4. The zero-order chi connectivity index (χ0) is 24.3. The van der Waals surface area contributed by atoms with Crippen LogP contribution < -0.4 is 14.8 Å². The second-order valence-corrected chi connectivity index (χ2v) is 6.12. The minimum absolute atomic E-state index is 0.0825. The fourth-order valence-electron chi connectivity index (χ4n) is 2.83. The Bertz CT molecular complexity index is 988. The maximum Gasteiger partial charge on any atom is 0.573 e. The number of ether oxygens (including phenoxy) is 2. The van der Waals surface area contributed by atoms with Gasteiger partial charge in [0.2, 0.25) is 5.91 Å². The first-order valence-corrected chi connectivity index (χ1v) is 9.81. The number of amides is 1. The Kier molecular flexibility index (Phi) is 10.3. The molecular weight excluding hydrogens is 423 g/mol. The summed E-state index contributed by atoms with van der Waals surface area (Å²) in [4.78, 5) is 11.6. The number of aliphatic hydroxyl groups excluding tert-OH is 1. The lowest BCUT2D eigenvalue weighted by atomic mass is 9.93. The average Bonchev–Trinajstić information content (AvgIpc) is 2.77. The van der Waals surface area contributed by atoms with Gasteiger partial charge in [0.25, 0.3) is 0 Å². The van der Waals surface area contributed by atoms with Crippen molar-refractivity contribution in [1.29, 1.82) is 0 Å². The van der Waals surface area contributed by atoms with Crippen molar-refractivity contribution in [2.75, 3.05) is 0 Å². The van der Waals surface area contributed by atoms with Crippen LogP contribution in [0.5, 0.6) is 11.5 Å².